The maximum Gasteiger partial charge on any atom is 0.261 e. The molecule has 0 aliphatic rings. The third kappa shape index (κ3) is 3.84. The minimum atomic E-state index is -0.869. The quantitative estimate of drug-likeness (QED) is 0.281. The van der Waals surface area contributed by atoms with Gasteiger partial charge in [0.05, 0.1) is 6.42 Å². The number of nitrogen functional groups attached to an aromatic ring is 1. The molecule has 0 saturated carbocycles. The Kier molecular flexibility index (Phi) is 4.17. The molecule has 1 rings (SSSR count). The van der Waals surface area contributed by atoms with Crippen LogP contribution < -0.4 is 5.73 Å². The van der Waals surface area contributed by atoms with E-state index in [0.717, 1.165) is 0 Å². The molecule has 0 atom stereocenters. The highest BCUT2D eigenvalue weighted by atomic mass is 35.5. The number of hydrogen-bond donors (Lipinski definition) is 1. The molecule has 0 radical (unpaired) electrons. The minimum absolute atomic E-state index is 0.106. The van der Waals surface area contributed by atoms with Crippen LogP contribution in [0.15, 0.2) is 18.2 Å². The van der Waals surface area contributed by atoms with Crippen molar-refractivity contribution in [3.63, 3.8) is 0 Å². The van der Waals surface area contributed by atoms with E-state index in [2.05, 4.69) is 0 Å². The van der Waals surface area contributed by atoms with Crippen molar-refractivity contribution in [3.05, 3.63) is 38.9 Å². The fourth-order valence-electron chi connectivity index (χ4n) is 1.24. The number of halogens is 1. The Balaban J connectivity index is 2.80. The van der Waals surface area contributed by atoms with Crippen molar-refractivity contribution in [2.75, 3.05) is 12.3 Å². The molecule has 17 heavy (non-hydrogen) atoms. The third-order valence-electron chi connectivity index (χ3n) is 1.98. The maximum absolute atomic E-state index is 11.6. The molecule has 2 N–H and O–H groups in total. The Hall–Kier alpha value is -1.95. The lowest BCUT2D eigenvalue weighted by atomic mass is 10.0. The predicted molar refractivity (Wildman–Crippen MR) is 61.7 cm³/mol. The first-order valence-corrected chi connectivity index (χ1v) is 4.99. The van der Waals surface area contributed by atoms with Crippen LogP contribution >= 0.6 is 11.6 Å². The molecule has 0 aromatic heterocycles. The zero-order valence-electron chi connectivity index (χ0n) is 8.68. The highest BCUT2D eigenvalue weighted by molar-refractivity contribution is 6.31. The predicted octanol–water partition coefficient (Wildman–Crippen LogP) is 1.34. The number of anilines is 1. The molecule has 0 bridgehead atoms. The lowest BCUT2D eigenvalue weighted by molar-refractivity contribution is -0.467. The Morgan fingerprint density at radius 1 is 1.41 bits per heavy atom. The number of ketones is 2. The van der Waals surface area contributed by atoms with E-state index < -0.39 is 29.5 Å². The van der Waals surface area contributed by atoms with E-state index in [4.69, 9.17) is 17.3 Å². The van der Waals surface area contributed by atoms with Crippen molar-refractivity contribution in [2.45, 2.75) is 6.42 Å². The number of nitro groups is 1. The van der Waals surface area contributed by atoms with E-state index in [-0.39, 0.29) is 11.3 Å². The van der Waals surface area contributed by atoms with Gasteiger partial charge in [0.25, 0.3) is 6.54 Å². The van der Waals surface area contributed by atoms with Crippen molar-refractivity contribution in [1.29, 1.82) is 0 Å². The van der Waals surface area contributed by atoms with Crippen LogP contribution in [0.3, 0.4) is 0 Å². The molecular formula is C10H9ClN2O4. The van der Waals surface area contributed by atoms with Crippen molar-refractivity contribution in [1.82, 2.24) is 0 Å². The number of carbonyl (C=O) groups excluding carboxylic acids is 2. The second kappa shape index (κ2) is 5.40. The first kappa shape index (κ1) is 13.1. The summed E-state index contributed by atoms with van der Waals surface area (Å²) in [6.07, 6.45) is -0.550. The standard InChI is InChI=1S/C10H9ClN2O4/c11-6-1-2-9(12)8(3-6)10(15)4-7(14)5-13(16)17/h1-3H,4-5,12H2. The van der Waals surface area contributed by atoms with Crippen LogP contribution in [0.25, 0.3) is 0 Å². The summed E-state index contributed by atoms with van der Waals surface area (Å²) in [6.45, 7) is -0.869. The zero-order valence-corrected chi connectivity index (χ0v) is 9.44. The van der Waals surface area contributed by atoms with E-state index in [1.165, 1.54) is 18.2 Å². The number of rotatable bonds is 5. The summed E-state index contributed by atoms with van der Waals surface area (Å²) in [6, 6.07) is 4.28. The molecule has 6 nitrogen and oxygen atoms in total. The van der Waals surface area contributed by atoms with Gasteiger partial charge in [-0.3, -0.25) is 19.7 Å². The molecule has 0 saturated heterocycles. The number of Topliss-reactive ketones (excluding diaryl/α,β-unsaturated/α-hetero) is 2. The lowest BCUT2D eigenvalue weighted by Crippen LogP contribution is -2.18. The van der Waals surface area contributed by atoms with E-state index in [9.17, 15) is 19.7 Å². The summed E-state index contributed by atoms with van der Waals surface area (Å²) in [5, 5.41) is 10.4. The van der Waals surface area contributed by atoms with Crippen LogP contribution in [-0.2, 0) is 4.79 Å². The SMILES string of the molecule is Nc1ccc(Cl)cc1C(=O)CC(=O)C[N+](=O)[O-]. The van der Waals surface area contributed by atoms with Gasteiger partial charge in [-0.05, 0) is 18.2 Å². The van der Waals surface area contributed by atoms with Crippen LogP contribution in [-0.4, -0.2) is 23.0 Å². The maximum atomic E-state index is 11.6. The summed E-state index contributed by atoms with van der Waals surface area (Å²) in [7, 11) is 0. The van der Waals surface area contributed by atoms with Crippen LogP contribution in [0, 0.1) is 10.1 Å². The van der Waals surface area contributed by atoms with Gasteiger partial charge >= 0.3 is 0 Å². The van der Waals surface area contributed by atoms with Gasteiger partial charge in [0.2, 0.25) is 5.78 Å². The lowest BCUT2D eigenvalue weighted by Gasteiger charge is -2.03. The summed E-state index contributed by atoms with van der Waals surface area (Å²) in [5.41, 5.74) is 5.84. The van der Waals surface area contributed by atoms with Gasteiger partial charge in [0.15, 0.2) is 5.78 Å². The average molecular weight is 257 g/mol. The molecule has 7 heteroatoms. The molecule has 0 aliphatic heterocycles. The Labute approximate surface area is 102 Å². The van der Waals surface area contributed by atoms with Gasteiger partial charge in [-0.15, -0.1) is 0 Å². The second-order valence-corrected chi connectivity index (χ2v) is 3.80. The third-order valence-corrected chi connectivity index (χ3v) is 2.21. The van der Waals surface area contributed by atoms with E-state index in [1.807, 2.05) is 0 Å². The van der Waals surface area contributed by atoms with Crippen LogP contribution in [0.2, 0.25) is 5.02 Å². The monoisotopic (exact) mass is 256 g/mol. The van der Waals surface area contributed by atoms with Crippen molar-refractivity contribution < 1.29 is 14.5 Å². The van der Waals surface area contributed by atoms with Crippen LogP contribution in [0.4, 0.5) is 5.69 Å². The molecule has 0 heterocycles. The number of hydrogen-bond acceptors (Lipinski definition) is 5. The smallest absolute Gasteiger partial charge is 0.261 e. The molecule has 0 fully saturated rings. The van der Waals surface area contributed by atoms with E-state index in [0.29, 0.717) is 5.02 Å². The molecule has 1 aromatic rings. The summed E-state index contributed by atoms with van der Waals surface area (Å²) in [4.78, 5) is 32.0. The van der Waals surface area contributed by atoms with Crippen molar-refractivity contribution in [3.8, 4) is 0 Å². The van der Waals surface area contributed by atoms with E-state index >= 15 is 0 Å². The molecule has 0 amide bonds. The highest BCUT2D eigenvalue weighted by Gasteiger charge is 2.18. The largest absolute Gasteiger partial charge is 0.398 e. The van der Waals surface area contributed by atoms with Crippen LogP contribution in [0.5, 0.6) is 0 Å². The van der Waals surface area contributed by atoms with Gasteiger partial charge < -0.3 is 5.73 Å². The molecular weight excluding hydrogens is 248 g/mol. The van der Waals surface area contributed by atoms with Crippen molar-refractivity contribution in [2.24, 2.45) is 0 Å². The van der Waals surface area contributed by atoms with E-state index in [1.54, 1.807) is 0 Å². The summed E-state index contributed by atoms with van der Waals surface area (Å²) in [5.74, 6) is -1.34. The van der Waals surface area contributed by atoms with Crippen LogP contribution in [0.1, 0.15) is 16.8 Å². The number of nitrogens with zero attached hydrogens (tertiary/aromatic N) is 1. The molecule has 0 spiro atoms. The first-order valence-electron chi connectivity index (χ1n) is 4.62. The topological polar surface area (TPSA) is 103 Å². The fourth-order valence-corrected chi connectivity index (χ4v) is 1.42. The zero-order chi connectivity index (χ0) is 13.0. The number of nitrogens with two attached hydrogens (primary N) is 1. The highest BCUT2D eigenvalue weighted by Crippen LogP contribution is 2.19. The minimum Gasteiger partial charge on any atom is -0.398 e. The first-order chi connectivity index (χ1) is 7.90. The summed E-state index contributed by atoms with van der Waals surface area (Å²) < 4.78 is 0. The Morgan fingerprint density at radius 3 is 2.65 bits per heavy atom. The Morgan fingerprint density at radius 2 is 2.06 bits per heavy atom. The van der Waals surface area contributed by atoms with Gasteiger partial charge in [-0.1, -0.05) is 11.6 Å². The van der Waals surface area contributed by atoms with Crippen molar-refractivity contribution >= 4 is 28.9 Å². The van der Waals surface area contributed by atoms with Gasteiger partial charge in [0, 0.05) is 21.2 Å². The fraction of sp³-hybridized carbons (Fsp3) is 0.200. The van der Waals surface area contributed by atoms with Gasteiger partial charge in [-0.25, -0.2) is 0 Å². The molecule has 0 aliphatic carbocycles. The number of carbonyl (C=O) groups is 2. The number of benzene rings is 1. The normalized spacial score (nSPS) is 9.94. The molecule has 0 unspecified atom stereocenters. The average Bonchev–Trinajstić information content (AvgIpc) is 2.20. The van der Waals surface area contributed by atoms with Gasteiger partial charge in [-0.2, -0.15) is 0 Å². The summed E-state index contributed by atoms with van der Waals surface area (Å²) >= 11 is 5.68. The second-order valence-electron chi connectivity index (χ2n) is 3.36. The molecule has 1 aromatic carbocycles. The molecule has 90 valence electrons. The van der Waals surface area contributed by atoms with Gasteiger partial charge in [0.1, 0.15) is 0 Å². The Bertz CT molecular complexity index is 487.